The monoisotopic (exact) mass is 352 g/mol. The number of aromatic hydroxyl groups is 1. The van der Waals surface area contributed by atoms with Gasteiger partial charge >= 0.3 is 0 Å². The number of benzene rings is 1. The third-order valence-electron chi connectivity index (χ3n) is 3.38. The Morgan fingerprint density at radius 3 is 2.67 bits per heavy atom. The lowest BCUT2D eigenvalue weighted by atomic mass is 9.97. The van der Waals surface area contributed by atoms with Gasteiger partial charge in [0.2, 0.25) is 15.9 Å². The van der Waals surface area contributed by atoms with E-state index in [0.717, 1.165) is 0 Å². The Morgan fingerprint density at radius 1 is 1.38 bits per heavy atom. The van der Waals surface area contributed by atoms with Gasteiger partial charge in [-0.15, -0.1) is 0 Å². The summed E-state index contributed by atoms with van der Waals surface area (Å²) in [4.78, 5) is 13.3. The van der Waals surface area contributed by atoms with Crippen LogP contribution in [0, 0.1) is 0 Å². The minimum Gasteiger partial charge on any atom is -0.508 e. The summed E-state index contributed by atoms with van der Waals surface area (Å²) in [6.07, 6.45) is 0.137. The quantitative estimate of drug-likeness (QED) is 0.852. The minimum absolute atomic E-state index is 0.0209. The van der Waals surface area contributed by atoms with E-state index in [1.165, 1.54) is 17.0 Å². The van der Waals surface area contributed by atoms with Crippen LogP contribution in [-0.2, 0) is 14.8 Å². The number of sulfonamides is 1. The van der Waals surface area contributed by atoms with Crippen LogP contribution in [0.25, 0.3) is 0 Å². The Kier molecular flexibility index (Phi) is 4.67. The number of phenols is 1. The van der Waals surface area contributed by atoms with Gasteiger partial charge in [-0.1, -0.05) is 23.2 Å². The predicted molar refractivity (Wildman–Crippen MR) is 80.0 cm³/mol. The second kappa shape index (κ2) is 6.00. The summed E-state index contributed by atoms with van der Waals surface area (Å²) in [7, 11) is -3.63. The first kappa shape index (κ1) is 16.4. The Labute approximate surface area is 132 Å². The highest BCUT2D eigenvalue weighted by Crippen LogP contribution is 2.41. The molecular formula is C12H14Cl2N2O4S. The van der Waals surface area contributed by atoms with Crippen molar-refractivity contribution in [1.29, 1.82) is 0 Å². The number of nitrogens with zero attached hydrogens (tertiary/aromatic N) is 1. The summed E-state index contributed by atoms with van der Waals surface area (Å²) in [6.45, 7) is 0.287. The van der Waals surface area contributed by atoms with Crippen LogP contribution >= 0.6 is 23.2 Å². The highest BCUT2D eigenvalue weighted by Gasteiger charge is 2.34. The fourth-order valence-electron chi connectivity index (χ4n) is 2.36. The summed E-state index contributed by atoms with van der Waals surface area (Å²) < 4.78 is 21.9. The number of hydrogen-bond donors (Lipinski definition) is 2. The molecule has 0 radical (unpaired) electrons. The van der Waals surface area contributed by atoms with E-state index in [1.54, 1.807) is 0 Å². The maximum absolute atomic E-state index is 11.9. The zero-order valence-electron chi connectivity index (χ0n) is 10.9. The van der Waals surface area contributed by atoms with Crippen LogP contribution < -0.4 is 5.14 Å². The van der Waals surface area contributed by atoms with Crippen LogP contribution in [-0.4, -0.2) is 43.2 Å². The fourth-order valence-corrected chi connectivity index (χ4v) is 3.32. The number of carbonyl (C=O) groups is 1. The van der Waals surface area contributed by atoms with E-state index < -0.39 is 10.0 Å². The average Bonchev–Trinajstić information content (AvgIpc) is 2.72. The van der Waals surface area contributed by atoms with Gasteiger partial charge in [-0.25, -0.2) is 13.6 Å². The zero-order valence-corrected chi connectivity index (χ0v) is 13.2. The molecule has 1 atom stereocenters. The van der Waals surface area contributed by atoms with Gasteiger partial charge in [-0.2, -0.15) is 0 Å². The van der Waals surface area contributed by atoms with Crippen LogP contribution in [0.4, 0.5) is 0 Å². The van der Waals surface area contributed by atoms with Gasteiger partial charge in [-0.3, -0.25) is 4.79 Å². The number of amides is 1. The molecule has 1 fully saturated rings. The van der Waals surface area contributed by atoms with E-state index in [0.29, 0.717) is 10.6 Å². The van der Waals surface area contributed by atoms with Gasteiger partial charge in [0.1, 0.15) is 5.75 Å². The number of likely N-dealkylation sites (tertiary alicyclic amines) is 1. The first-order chi connectivity index (χ1) is 9.69. The molecule has 116 valence electrons. The molecule has 0 saturated carbocycles. The SMILES string of the molecule is NS(=O)(=O)CCN1CC(c2c(O)ccc(Cl)c2Cl)CC1=O. The topological polar surface area (TPSA) is 101 Å². The molecule has 1 unspecified atom stereocenters. The van der Waals surface area contributed by atoms with Gasteiger partial charge in [0, 0.05) is 31.0 Å². The highest BCUT2D eigenvalue weighted by molar-refractivity contribution is 7.89. The van der Waals surface area contributed by atoms with Crippen molar-refractivity contribution in [3.8, 4) is 5.75 Å². The maximum Gasteiger partial charge on any atom is 0.223 e. The molecule has 1 saturated heterocycles. The molecule has 21 heavy (non-hydrogen) atoms. The van der Waals surface area contributed by atoms with Crippen LogP contribution in [0.2, 0.25) is 10.0 Å². The first-order valence-corrected chi connectivity index (χ1v) is 8.61. The van der Waals surface area contributed by atoms with Crippen LogP contribution in [0.5, 0.6) is 5.75 Å². The van der Waals surface area contributed by atoms with Gasteiger partial charge in [0.15, 0.2) is 0 Å². The summed E-state index contributed by atoms with van der Waals surface area (Å²) in [6, 6.07) is 2.89. The molecule has 0 bridgehead atoms. The van der Waals surface area contributed by atoms with E-state index in [1.807, 2.05) is 0 Å². The molecule has 0 aliphatic carbocycles. The van der Waals surface area contributed by atoms with Crippen molar-refractivity contribution >= 4 is 39.1 Å². The lowest BCUT2D eigenvalue weighted by molar-refractivity contribution is -0.127. The lowest BCUT2D eigenvalue weighted by Crippen LogP contribution is -2.32. The zero-order chi connectivity index (χ0) is 15.8. The summed E-state index contributed by atoms with van der Waals surface area (Å²) in [5.74, 6) is -0.875. The van der Waals surface area contributed by atoms with Crippen molar-refractivity contribution in [1.82, 2.24) is 4.90 Å². The van der Waals surface area contributed by atoms with Crippen molar-refractivity contribution in [3.63, 3.8) is 0 Å². The number of carbonyl (C=O) groups excluding carboxylic acids is 1. The molecule has 2 rings (SSSR count). The smallest absolute Gasteiger partial charge is 0.223 e. The minimum atomic E-state index is -3.63. The summed E-state index contributed by atoms with van der Waals surface area (Å²) >= 11 is 12.0. The Morgan fingerprint density at radius 2 is 2.05 bits per heavy atom. The van der Waals surface area contributed by atoms with Crippen LogP contribution in [0.1, 0.15) is 17.9 Å². The molecule has 3 N–H and O–H groups in total. The van der Waals surface area contributed by atoms with E-state index in [4.69, 9.17) is 28.3 Å². The molecule has 0 spiro atoms. The third kappa shape index (κ3) is 3.79. The molecular weight excluding hydrogens is 339 g/mol. The molecule has 1 aliphatic heterocycles. The number of rotatable bonds is 4. The second-order valence-corrected chi connectivity index (χ2v) is 7.42. The standard InChI is InChI=1S/C12H14Cl2N2O4S/c13-8-1-2-9(17)11(12(8)14)7-5-10(18)16(6-7)3-4-21(15,19)20/h1-2,7,17H,3-6H2,(H2,15,19,20). The largest absolute Gasteiger partial charge is 0.508 e. The number of hydrogen-bond acceptors (Lipinski definition) is 4. The molecule has 1 aliphatic rings. The molecule has 0 aromatic heterocycles. The lowest BCUT2D eigenvalue weighted by Gasteiger charge is -2.17. The average molecular weight is 353 g/mol. The van der Waals surface area contributed by atoms with Crippen molar-refractivity contribution in [3.05, 3.63) is 27.7 Å². The second-order valence-electron chi connectivity index (χ2n) is 4.90. The molecule has 6 nitrogen and oxygen atoms in total. The molecule has 1 heterocycles. The van der Waals surface area contributed by atoms with Crippen molar-refractivity contribution in [2.45, 2.75) is 12.3 Å². The fraction of sp³-hybridized carbons (Fsp3) is 0.417. The van der Waals surface area contributed by atoms with Gasteiger partial charge in [-0.05, 0) is 12.1 Å². The van der Waals surface area contributed by atoms with Crippen molar-refractivity contribution in [2.75, 3.05) is 18.8 Å². The molecule has 9 heteroatoms. The van der Waals surface area contributed by atoms with Crippen LogP contribution in [0.15, 0.2) is 12.1 Å². The number of primary sulfonamides is 1. The van der Waals surface area contributed by atoms with Gasteiger partial charge < -0.3 is 10.0 Å². The van der Waals surface area contributed by atoms with Crippen LogP contribution in [0.3, 0.4) is 0 Å². The summed E-state index contributed by atoms with van der Waals surface area (Å²) in [5.41, 5.74) is 0.413. The van der Waals surface area contributed by atoms with E-state index in [9.17, 15) is 18.3 Å². The number of nitrogens with two attached hydrogens (primary N) is 1. The maximum atomic E-state index is 11.9. The summed E-state index contributed by atoms with van der Waals surface area (Å²) in [5, 5.41) is 15.4. The first-order valence-electron chi connectivity index (χ1n) is 6.14. The molecule has 1 aromatic rings. The van der Waals surface area contributed by atoms with Crippen molar-refractivity contribution in [2.24, 2.45) is 5.14 Å². The van der Waals surface area contributed by atoms with E-state index in [2.05, 4.69) is 0 Å². The van der Waals surface area contributed by atoms with Gasteiger partial charge in [0.25, 0.3) is 0 Å². The van der Waals surface area contributed by atoms with Gasteiger partial charge in [0.05, 0.1) is 15.8 Å². The molecule has 1 amide bonds. The molecule has 1 aromatic carbocycles. The third-order valence-corrected chi connectivity index (χ3v) is 4.95. The number of phenolic OH excluding ortho intramolecular Hbond substituents is 1. The number of halogens is 2. The van der Waals surface area contributed by atoms with E-state index in [-0.39, 0.29) is 47.9 Å². The Hall–Kier alpha value is -1.02. The Balaban J connectivity index is 2.18. The Bertz CT molecular complexity index is 678. The van der Waals surface area contributed by atoms with E-state index >= 15 is 0 Å². The highest BCUT2D eigenvalue weighted by atomic mass is 35.5. The van der Waals surface area contributed by atoms with Crippen molar-refractivity contribution < 1.29 is 18.3 Å². The normalized spacial score (nSPS) is 19.3. The predicted octanol–water partition coefficient (Wildman–Crippen LogP) is 1.30.